The first-order valence-corrected chi connectivity index (χ1v) is 6.73. The van der Waals surface area contributed by atoms with Crippen molar-refractivity contribution in [3.05, 3.63) is 30.1 Å². The monoisotopic (exact) mass is 272 g/mol. The van der Waals surface area contributed by atoms with E-state index in [-0.39, 0.29) is 18.4 Å². The highest BCUT2D eigenvalue weighted by atomic mass is 16.2. The third-order valence-electron chi connectivity index (χ3n) is 3.54. The summed E-state index contributed by atoms with van der Waals surface area (Å²) < 4.78 is 0. The average Bonchev–Trinajstić information content (AvgIpc) is 3.13. The van der Waals surface area contributed by atoms with Crippen molar-refractivity contribution < 1.29 is 9.59 Å². The van der Waals surface area contributed by atoms with Crippen LogP contribution in [-0.4, -0.2) is 46.3 Å². The van der Waals surface area contributed by atoms with Crippen molar-refractivity contribution in [2.45, 2.75) is 12.8 Å². The molecule has 2 heterocycles. The van der Waals surface area contributed by atoms with Crippen molar-refractivity contribution in [2.75, 3.05) is 19.6 Å². The number of aromatic nitrogens is 2. The number of aromatic amines is 1. The van der Waals surface area contributed by atoms with E-state index in [0.29, 0.717) is 5.56 Å². The summed E-state index contributed by atoms with van der Waals surface area (Å²) in [5.74, 6) is -0.257. The summed E-state index contributed by atoms with van der Waals surface area (Å²) in [4.78, 5) is 32.7. The van der Waals surface area contributed by atoms with Crippen LogP contribution in [0.3, 0.4) is 0 Å². The fourth-order valence-electron chi connectivity index (χ4n) is 2.41. The van der Waals surface area contributed by atoms with E-state index in [2.05, 4.69) is 15.3 Å². The topological polar surface area (TPSA) is 78.1 Å². The maximum absolute atomic E-state index is 12.0. The van der Waals surface area contributed by atoms with Crippen molar-refractivity contribution in [3.63, 3.8) is 0 Å². The van der Waals surface area contributed by atoms with Gasteiger partial charge in [-0.1, -0.05) is 0 Å². The number of nitrogens with zero attached hydrogens (tertiary/aromatic N) is 2. The Balaban J connectivity index is 1.62. The van der Waals surface area contributed by atoms with Crippen molar-refractivity contribution in [2.24, 2.45) is 0 Å². The predicted molar refractivity (Wildman–Crippen MR) is 74.2 cm³/mol. The van der Waals surface area contributed by atoms with Gasteiger partial charge in [-0.15, -0.1) is 0 Å². The van der Waals surface area contributed by atoms with E-state index in [1.54, 1.807) is 29.4 Å². The number of imidazole rings is 1. The summed E-state index contributed by atoms with van der Waals surface area (Å²) in [6.07, 6.45) is 3.69. The van der Waals surface area contributed by atoms with Gasteiger partial charge in [0.05, 0.1) is 23.9 Å². The van der Waals surface area contributed by atoms with Crippen LogP contribution < -0.4 is 5.32 Å². The Bertz CT molecular complexity index is 643. The molecule has 0 spiro atoms. The molecule has 1 aromatic heterocycles. The van der Waals surface area contributed by atoms with Crippen LogP contribution >= 0.6 is 0 Å². The van der Waals surface area contributed by atoms with Crippen molar-refractivity contribution in [1.29, 1.82) is 0 Å². The van der Waals surface area contributed by atoms with Crippen LogP contribution in [0.5, 0.6) is 0 Å². The van der Waals surface area contributed by atoms with Crippen LogP contribution in [0.4, 0.5) is 0 Å². The van der Waals surface area contributed by atoms with Crippen LogP contribution in [-0.2, 0) is 4.79 Å². The lowest BCUT2D eigenvalue weighted by Crippen LogP contribution is -2.38. The minimum absolute atomic E-state index is 0.0153. The molecule has 2 aromatic rings. The molecule has 3 rings (SSSR count). The van der Waals surface area contributed by atoms with Gasteiger partial charge in [-0.3, -0.25) is 9.59 Å². The fraction of sp³-hybridized carbons (Fsp3) is 0.357. The summed E-state index contributed by atoms with van der Waals surface area (Å²) in [6.45, 7) is 1.66. The quantitative estimate of drug-likeness (QED) is 0.872. The van der Waals surface area contributed by atoms with Crippen LogP contribution in [0.25, 0.3) is 11.0 Å². The number of fused-ring (bicyclic) bond motifs is 1. The summed E-state index contributed by atoms with van der Waals surface area (Å²) >= 11 is 0. The van der Waals surface area contributed by atoms with Crippen LogP contribution in [0, 0.1) is 0 Å². The molecule has 0 atom stereocenters. The zero-order valence-corrected chi connectivity index (χ0v) is 11.1. The first-order chi connectivity index (χ1) is 9.74. The minimum Gasteiger partial charge on any atom is -0.345 e. The van der Waals surface area contributed by atoms with E-state index in [4.69, 9.17) is 0 Å². The number of amides is 2. The summed E-state index contributed by atoms with van der Waals surface area (Å²) in [7, 11) is 0. The highest BCUT2D eigenvalue weighted by Crippen LogP contribution is 2.11. The molecule has 1 aliphatic heterocycles. The Kier molecular flexibility index (Phi) is 3.37. The van der Waals surface area contributed by atoms with E-state index in [0.717, 1.165) is 37.0 Å². The zero-order chi connectivity index (χ0) is 13.9. The Morgan fingerprint density at radius 2 is 2.10 bits per heavy atom. The Hall–Kier alpha value is -2.37. The predicted octanol–water partition coefficient (Wildman–Crippen LogP) is 0.915. The maximum Gasteiger partial charge on any atom is 0.251 e. The van der Waals surface area contributed by atoms with Crippen LogP contribution in [0.15, 0.2) is 24.5 Å². The number of H-pyrrole nitrogens is 1. The number of rotatable bonds is 3. The molecular weight excluding hydrogens is 256 g/mol. The molecule has 0 aliphatic carbocycles. The van der Waals surface area contributed by atoms with Gasteiger partial charge in [0, 0.05) is 18.7 Å². The molecule has 1 fully saturated rings. The Morgan fingerprint density at radius 1 is 1.30 bits per heavy atom. The molecule has 0 unspecified atom stereocenters. The number of carbonyl (C=O) groups is 2. The van der Waals surface area contributed by atoms with Gasteiger partial charge in [-0.05, 0) is 31.0 Å². The van der Waals surface area contributed by atoms with Gasteiger partial charge in [-0.2, -0.15) is 0 Å². The SMILES string of the molecule is O=C(NCC(=O)N1CCCC1)c1ccc2nc[nH]c2c1. The third kappa shape index (κ3) is 2.49. The van der Waals surface area contributed by atoms with Crippen LogP contribution in [0.2, 0.25) is 0 Å². The molecule has 1 saturated heterocycles. The van der Waals surface area contributed by atoms with E-state index < -0.39 is 0 Å². The van der Waals surface area contributed by atoms with Gasteiger partial charge in [0.2, 0.25) is 5.91 Å². The number of nitrogens with one attached hydrogen (secondary N) is 2. The smallest absolute Gasteiger partial charge is 0.251 e. The number of benzene rings is 1. The number of hydrogen-bond donors (Lipinski definition) is 2. The molecule has 1 aromatic carbocycles. The molecule has 2 N–H and O–H groups in total. The largest absolute Gasteiger partial charge is 0.345 e. The highest BCUT2D eigenvalue weighted by molar-refractivity contribution is 5.98. The number of carbonyl (C=O) groups excluding carboxylic acids is 2. The normalized spacial score (nSPS) is 14.7. The van der Waals surface area contributed by atoms with Crippen LogP contribution in [0.1, 0.15) is 23.2 Å². The van der Waals surface area contributed by atoms with E-state index >= 15 is 0 Å². The number of likely N-dealkylation sites (tertiary alicyclic amines) is 1. The van der Waals surface area contributed by atoms with Gasteiger partial charge in [0.15, 0.2) is 0 Å². The van der Waals surface area contributed by atoms with E-state index in [1.165, 1.54) is 0 Å². The molecule has 0 radical (unpaired) electrons. The van der Waals surface area contributed by atoms with E-state index in [1.807, 2.05) is 0 Å². The molecule has 0 bridgehead atoms. The Morgan fingerprint density at radius 3 is 2.90 bits per heavy atom. The van der Waals surface area contributed by atoms with Gasteiger partial charge in [0.25, 0.3) is 5.91 Å². The first kappa shape index (κ1) is 12.7. The van der Waals surface area contributed by atoms with Crippen molar-refractivity contribution in [1.82, 2.24) is 20.2 Å². The number of hydrogen-bond acceptors (Lipinski definition) is 3. The summed E-state index contributed by atoms with van der Waals surface area (Å²) in [5, 5.41) is 2.67. The third-order valence-corrected chi connectivity index (χ3v) is 3.54. The second kappa shape index (κ2) is 5.32. The standard InChI is InChI=1S/C14H16N4O2/c19-13(18-5-1-2-6-18)8-15-14(20)10-3-4-11-12(7-10)17-9-16-11/h3-4,7,9H,1-2,5-6,8H2,(H,15,20)(H,16,17). The van der Waals surface area contributed by atoms with Crippen molar-refractivity contribution in [3.8, 4) is 0 Å². The first-order valence-electron chi connectivity index (χ1n) is 6.73. The fourth-order valence-corrected chi connectivity index (χ4v) is 2.41. The second-order valence-corrected chi connectivity index (χ2v) is 4.91. The highest BCUT2D eigenvalue weighted by Gasteiger charge is 2.18. The molecule has 6 nitrogen and oxygen atoms in total. The molecule has 1 aliphatic rings. The lowest BCUT2D eigenvalue weighted by Gasteiger charge is -2.15. The van der Waals surface area contributed by atoms with E-state index in [9.17, 15) is 9.59 Å². The molecule has 2 amide bonds. The molecular formula is C14H16N4O2. The lowest BCUT2D eigenvalue weighted by atomic mass is 10.2. The molecule has 6 heteroatoms. The molecule has 20 heavy (non-hydrogen) atoms. The lowest BCUT2D eigenvalue weighted by molar-refractivity contribution is -0.129. The van der Waals surface area contributed by atoms with Gasteiger partial charge < -0.3 is 15.2 Å². The molecule has 104 valence electrons. The van der Waals surface area contributed by atoms with Crippen molar-refractivity contribution >= 4 is 22.8 Å². The summed E-state index contributed by atoms with van der Waals surface area (Å²) in [5.41, 5.74) is 2.15. The van der Waals surface area contributed by atoms with Gasteiger partial charge >= 0.3 is 0 Å². The molecule has 0 saturated carbocycles. The minimum atomic E-state index is -0.242. The average molecular weight is 272 g/mol. The van der Waals surface area contributed by atoms with Gasteiger partial charge in [0.1, 0.15) is 0 Å². The van der Waals surface area contributed by atoms with Gasteiger partial charge in [-0.25, -0.2) is 4.98 Å². The Labute approximate surface area is 116 Å². The summed E-state index contributed by atoms with van der Waals surface area (Å²) in [6, 6.07) is 5.22. The maximum atomic E-state index is 12.0. The zero-order valence-electron chi connectivity index (χ0n) is 11.1. The second-order valence-electron chi connectivity index (χ2n) is 4.91.